The van der Waals surface area contributed by atoms with Gasteiger partial charge in [0, 0.05) is 6.07 Å². The van der Waals surface area contributed by atoms with E-state index in [4.69, 9.17) is 13.9 Å². The Morgan fingerprint density at radius 1 is 0.900 bits per heavy atom. The van der Waals surface area contributed by atoms with E-state index in [0.29, 0.717) is 34.6 Å². The van der Waals surface area contributed by atoms with E-state index in [1.54, 1.807) is 43.3 Å². The average Bonchev–Trinajstić information content (AvgIpc) is 2.74. The van der Waals surface area contributed by atoms with Crippen LogP contribution < -0.4 is 14.9 Å². The number of benzene rings is 2. The molecule has 0 amide bonds. The molecule has 158 valence electrons. The molecule has 5 heteroatoms. The predicted molar refractivity (Wildman–Crippen MR) is 117 cm³/mol. The molecule has 0 aliphatic carbocycles. The fourth-order valence-electron chi connectivity index (χ4n) is 3.25. The molecule has 0 bridgehead atoms. The molecular weight excluding hydrogens is 380 g/mol. The highest BCUT2D eigenvalue weighted by molar-refractivity contribution is 5.91. The zero-order chi connectivity index (χ0) is 21.3. The summed E-state index contributed by atoms with van der Waals surface area (Å²) >= 11 is 0. The molecule has 0 saturated carbocycles. The van der Waals surface area contributed by atoms with Crippen LogP contribution in [0, 0.1) is 6.92 Å². The number of rotatable bonds is 10. The van der Waals surface area contributed by atoms with Crippen molar-refractivity contribution in [3.63, 3.8) is 0 Å². The molecule has 2 aromatic carbocycles. The van der Waals surface area contributed by atoms with Crippen molar-refractivity contribution in [2.24, 2.45) is 0 Å². The van der Waals surface area contributed by atoms with Crippen molar-refractivity contribution in [3.05, 3.63) is 70.1 Å². The molecule has 5 nitrogen and oxygen atoms in total. The zero-order valence-corrected chi connectivity index (χ0v) is 17.6. The van der Waals surface area contributed by atoms with Crippen LogP contribution in [0.5, 0.6) is 11.5 Å². The first-order valence-electron chi connectivity index (χ1n) is 10.6. The largest absolute Gasteiger partial charge is 0.494 e. The number of carbonyl (C=O) groups excluding carboxylic acids is 1. The van der Waals surface area contributed by atoms with Gasteiger partial charge in [-0.2, -0.15) is 0 Å². The zero-order valence-electron chi connectivity index (χ0n) is 17.6. The molecule has 1 heterocycles. The number of ether oxygens (including phenoxy) is 2. The molecule has 3 aromatic rings. The van der Waals surface area contributed by atoms with E-state index in [1.165, 1.54) is 44.2 Å². The first-order chi connectivity index (χ1) is 14.6. The van der Waals surface area contributed by atoms with Gasteiger partial charge in [0.15, 0.2) is 5.43 Å². The van der Waals surface area contributed by atoms with Gasteiger partial charge in [-0.3, -0.25) is 4.79 Å². The van der Waals surface area contributed by atoms with E-state index in [1.807, 2.05) is 0 Å². The molecule has 1 aromatic heterocycles. The SMILES string of the molecule is CCCCCCCCOc1ccc(C(=O)Oc2ccc3oc(C)cc(=O)c3c2)cc1. The van der Waals surface area contributed by atoms with Crippen LogP contribution in [0.2, 0.25) is 0 Å². The highest BCUT2D eigenvalue weighted by Crippen LogP contribution is 2.21. The van der Waals surface area contributed by atoms with E-state index in [-0.39, 0.29) is 5.43 Å². The smallest absolute Gasteiger partial charge is 0.343 e. The third kappa shape index (κ3) is 5.96. The first-order valence-corrected chi connectivity index (χ1v) is 10.6. The number of unbranched alkanes of at least 4 members (excludes halogenated alkanes) is 5. The quantitative estimate of drug-likeness (QED) is 0.232. The molecule has 0 unspecified atom stereocenters. The summed E-state index contributed by atoms with van der Waals surface area (Å²) in [5.74, 6) is 1.08. The van der Waals surface area contributed by atoms with Gasteiger partial charge in [-0.05, 0) is 55.8 Å². The fraction of sp³-hybridized carbons (Fsp3) is 0.360. The molecular formula is C25H28O5. The summed E-state index contributed by atoms with van der Waals surface area (Å²) in [7, 11) is 0. The molecule has 0 radical (unpaired) electrons. The number of esters is 1. The molecule has 0 aliphatic rings. The Hall–Kier alpha value is -3.08. The normalized spacial score (nSPS) is 10.9. The van der Waals surface area contributed by atoms with Crippen molar-refractivity contribution in [2.75, 3.05) is 6.61 Å². The summed E-state index contributed by atoms with van der Waals surface area (Å²) in [4.78, 5) is 24.5. The Kier molecular flexibility index (Phi) is 7.66. The number of hydrogen-bond donors (Lipinski definition) is 0. The van der Waals surface area contributed by atoms with E-state index in [2.05, 4.69) is 6.92 Å². The van der Waals surface area contributed by atoms with Crippen molar-refractivity contribution in [2.45, 2.75) is 52.4 Å². The molecule has 0 fully saturated rings. The first kappa shape index (κ1) is 21.6. The Morgan fingerprint density at radius 3 is 2.37 bits per heavy atom. The second-order valence-electron chi connectivity index (χ2n) is 7.41. The summed E-state index contributed by atoms with van der Waals surface area (Å²) in [5.41, 5.74) is 0.711. The van der Waals surface area contributed by atoms with Gasteiger partial charge in [0.25, 0.3) is 0 Å². The van der Waals surface area contributed by atoms with Gasteiger partial charge in [-0.25, -0.2) is 4.79 Å². The lowest BCUT2D eigenvalue weighted by atomic mass is 10.1. The van der Waals surface area contributed by atoms with Crippen LogP contribution in [-0.2, 0) is 0 Å². The van der Waals surface area contributed by atoms with Crippen molar-refractivity contribution in [1.29, 1.82) is 0 Å². The van der Waals surface area contributed by atoms with Crippen LogP contribution >= 0.6 is 0 Å². The van der Waals surface area contributed by atoms with E-state index < -0.39 is 5.97 Å². The van der Waals surface area contributed by atoms with Gasteiger partial charge >= 0.3 is 5.97 Å². The second kappa shape index (κ2) is 10.6. The topological polar surface area (TPSA) is 65.7 Å². The number of fused-ring (bicyclic) bond motifs is 1. The van der Waals surface area contributed by atoms with Crippen molar-refractivity contribution < 1.29 is 18.7 Å². The standard InChI is InChI=1S/C25H28O5/c1-3-4-5-6-7-8-15-28-20-11-9-19(10-12-20)25(27)30-21-13-14-24-22(17-21)23(26)16-18(2)29-24/h9-14,16-17H,3-8,15H2,1-2H3. The minimum Gasteiger partial charge on any atom is -0.494 e. The van der Waals surface area contributed by atoms with Gasteiger partial charge in [0.1, 0.15) is 22.8 Å². The lowest BCUT2D eigenvalue weighted by Crippen LogP contribution is -2.09. The molecule has 0 aliphatic heterocycles. The summed E-state index contributed by atoms with van der Waals surface area (Å²) in [5, 5.41) is 0.379. The lowest BCUT2D eigenvalue weighted by molar-refractivity contribution is 0.0735. The third-order valence-electron chi connectivity index (χ3n) is 4.89. The summed E-state index contributed by atoms with van der Waals surface area (Å²) in [6, 6.07) is 13.1. The summed E-state index contributed by atoms with van der Waals surface area (Å²) < 4.78 is 16.7. The minimum atomic E-state index is -0.492. The van der Waals surface area contributed by atoms with Crippen LogP contribution in [-0.4, -0.2) is 12.6 Å². The lowest BCUT2D eigenvalue weighted by Gasteiger charge is -2.08. The average molecular weight is 408 g/mol. The molecule has 0 N–H and O–H groups in total. The van der Waals surface area contributed by atoms with Gasteiger partial charge in [-0.15, -0.1) is 0 Å². The number of hydrogen-bond acceptors (Lipinski definition) is 5. The Bertz CT molecular complexity index is 1030. The van der Waals surface area contributed by atoms with E-state index in [0.717, 1.165) is 12.2 Å². The second-order valence-corrected chi connectivity index (χ2v) is 7.41. The molecule has 0 spiro atoms. The van der Waals surface area contributed by atoms with Crippen molar-refractivity contribution >= 4 is 16.9 Å². The maximum atomic E-state index is 12.4. The van der Waals surface area contributed by atoms with Gasteiger partial charge in [0.2, 0.25) is 0 Å². The van der Waals surface area contributed by atoms with Gasteiger partial charge in [0.05, 0.1) is 17.6 Å². The highest BCUT2D eigenvalue weighted by Gasteiger charge is 2.11. The third-order valence-corrected chi connectivity index (χ3v) is 4.89. The Labute approximate surface area is 176 Å². The van der Waals surface area contributed by atoms with Crippen LogP contribution in [0.25, 0.3) is 11.0 Å². The fourth-order valence-corrected chi connectivity index (χ4v) is 3.25. The highest BCUT2D eigenvalue weighted by atomic mass is 16.5. The molecule has 0 saturated heterocycles. The van der Waals surface area contributed by atoms with E-state index >= 15 is 0 Å². The summed E-state index contributed by atoms with van der Waals surface area (Å²) in [6.45, 7) is 4.61. The van der Waals surface area contributed by atoms with Crippen LogP contribution in [0.4, 0.5) is 0 Å². The Morgan fingerprint density at radius 2 is 1.60 bits per heavy atom. The summed E-state index contributed by atoms with van der Waals surface area (Å²) in [6.07, 6.45) is 7.29. The van der Waals surface area contributed by atoms with Gasteiger partial charge < -0.3 is 13.9 Å². The number of aryl methyl sites for hydroxylation is 1. The van der Waals surface area contributed by atoms with E-state index in [9.17, 15) is 9.59 Å². The van der Waals surface area contributed by atoms with Crippen LogP contribution in [0.15, 0.2) is 57.7 Å². The van der Waals surface area contributed by atoms with Crippen LogP contribution in [0.3, 0.4) is 0 Å². The molecule has 30 heavy (non-hydrogen) atoms. The number of carbonyl (C=O) groups is 1. The maximum absolute atomic E-state index is 12.4. The van der Waals surface area contributed by atoms with Crippen LogP contribution in [0.1, 0.15) is 61.6 Å². The molecule has 3 rings (SSSR count). The van der Waals surface area contributed by atoms with Crippen molar-refractivity contribution in [3.8, 4) is 11.5 Å². The monoisotopic (exact) mass is 408 g/mol. The molecule has 0 atom stereocenters. The van der Waals surface area contributed by atoms with Crippen molar-refractivity contribution in [1.82, 2.24) is 0 Å². The minimum absolute atomic E-state index is 0.168. The maximum Gasteiger partial charge on any atom is 0.343 e. The van der Waals surface area contributed by atoms with Gasteiger partial charge in [-0.1, -0.05) is 39.0 Å². The predicted octanol–water partition coefficient (Wildman–Crippen LogP) is 6.06. The Balaban J connectivity index is 1.53.